The van der Waals surface area contributed by atoms with Crippen LogP contribution in [-0.4, -0.2) is 71.5 Å². The van der Waals surface area contributed by atoms with Crippen molar-refractivity contribution in [1.29, 1.82) is 0 Å². The topological polar surface area (TPSA) is 202 Å². The largest absolute Gasteiger partial charge is 0.454 e. The molecule has 5 atom stereocenters. The molecule has 0 unspecified atom stereocenters. The van der Waals surface area contributed by atoms with Crippen LogP contribution in [0.1, 0.15) is 102 Å². The maximum absolute atomic E-state index is 13.8. The van der Waals surface area contributed by atoms with Crippen LogP contribution in [0, 0.1) is 17.8 Å². The van der Waals surface area contributed by atoms with Gasteiger partial charge in [-0.3, -0.25) is 24.0 Å². The molecule has 0 bridgehead atoms. The number of hydrogen-bond acceptors (Lipinski definition) is 9. The molecule has 0 spiro atoms. The number of rotatable bonds is 25. The lowest BCUT2D eigenvalue weighted by molar-refractivity contribution is -0.134. The minimum absolute atomic E-state index is 0.0452. The van der Waals surface area contributed by atoms with E-state index >= 15 is 0 Å². The van der Waals surface area contributed by atoms with Gasteiger partial charge in [0, 0.05) is 41.7 Å². The molecule has 286 valence electrons. The molecular weight excluding hydrogens is 683 g/mol. The van der Waals surface area contributed by atoms with Crippen LogP contribution in [0.4, 0.5) is 0 Å². The second-order valence-corrected chi connectivity index (χ2v) is 14.8. The van der Waals surface area contributed by atoms with Crippen molar-refractivity contribution in [1.82, 2.24) is 10.6 Å². The van der Waals surface area contributed by atoms with Crippen molar-refractivity contribution >= 4 is 47.9 Å². The molecule has 0 aliphatic carbocycles. The van der Waals surface area contributed by atoms with Crippen LogP contribution in [0.5, 0.6) is 0 Å². The van der Waals surface area contributed by atoms with E-state index < -0.39 is 48.7 Å². The highest BCUT2D eigenvalue weighted by atomic mass is 35.5. The van der Waals surface area contributed by atoms with E-state index in [0.29, 0.717) is 68.6 Å². The number of carbonyl (C=O) groups excluding carboxylic acids is 5. The Morgan fingerprint density at radius 2 is 1.21 bits per heavy atom. The molecule has 52 heavy (non-hydrogen) atoms. The first-order chi connectivity index (χ1) is 24.7. The third-order valence-electron chi connectivity index (χ3n) is 9.25. The Labute approximate surface area is 314 Å². The molecular formula is C39H58BClN4O7. The van der Waals surface area contributed by atoms with Crippen molar-refractivity contribution in [2.45, 2.75) is 110 Å². The van der Waals surface area contributed by atoms with Gasteiger partial charge in [-0.25, -0.2) is 0 Å². The zero-order chi connectivity index (χ0) is 38.8. The van der Waals surface area contributed by atoms with Crippen LogP contribution < -0.4 is 22.1 Å². The number of Topliss-reactive ketones (excluding diaryl/α,β-unsaturated/α-hetero) is 3. The average Bonchev–Trinajstić information content (AvgIpc) is 3.10. The number of ketones is 3. The van der Waals surface area contributed by atoms with Gasteiger partial charge >= 0.3 is 7.12 Å². The van der Waals surface area contributed by atoms with Crippen molar-refractivity contribution in [2.75, 3.05) is 13.1 Å². The van der Waals surface area contributed by atoms with Gasteiger partial charge < -0.3 is 32.1 Å². The quantitative estimate of drug-likeness (QED) is 0.0466. The standard InChI is InChI=1S/C39H58BClN4O7/c1-25(2)21-34(37(48)23-27(4)40(51)52)45-38(49)26(3)22-36(47)33(10-6-8-20-43)44-39(50)31(9-5-7-19-42)24-35(46)30-13-11-28(12-14-30)29-15-17-32(41)18-16-29/h11-18,25-27,31,33-34,51-52H,5-10,19-24,42-43H2,1-4H3,(H,44,50)(H,45,49)/t26-,27-,31-,33+,34+/m1/s1. The first-order valence-electron chi connectivity index (χ1n) is 18.5. The first-order valence-corrected chi connectivity index (χ1v) is 18.9. The number of hydrogen-bond donors (Lipinski definition) is 6. The molecule has 0 saturated heterocycles. The predicted molar refractivity (Wildman–Crippen MR) is 206 cm³/mol. The number of nitrogens with one attached hydrogen (secondary N) is 2. The summed E-state index contributed by atoms with van der Waals surface area (Å²) in [4.78, 5) is 67.1. The summed E-state index contributed by atoms with van der Waals surface area (Å²) in [6.07, 6.45) is 3.27. The van der Waals surface area contributed by atoms with Gasteiger partial charge in [-0.2, -0.15) is 0 Å². The van der Waals surface area contributed by atoms with E-state index in [9.17, 15) is 34.0 Å². The summed E-state index contributed by atoms with van der Waals surface area (Å²) in [5.41, 5.74) is 13.8. The summed E-state index contributed by atoms with van der Waals surface area (Å²) in [6, 6.07) is 12.8. The fourth-order valence-corrected chi connectivity index (χ4v) is 6.07. The van der Waals surface area contributed by atoms with Crippen LogP contribution in [-0.2, 0) is 19.2 Å². The minimum atomic E-state index is -1.66. The Morgan fingerprint density at radius 3 is 1.75 bits per heavy atom. The number of amides is 2. The second kappa shape index (κ2) is 23.3. The van der Waals surface area contributed by atoms with E-state index in [1.54, 1.807) is 31.2 Å². The Morgan fingerprint density at radius 1 is 0.692 bits per heavy atom. The fraction of sp³-hybridized carbons (Fsp3) is 0.564. The Hall–Kier alpha value is -3.42. The van der Waals surface area contributed by atoms with Crippen LogP contribution in [0.2, 0.25) is 10.8 Å². The molecule has 8 N–H and O–H groups in total. The summed E-state index contributed by atoms with van der Waals surface area (Å²) in [7, 11) is -1.66. The molecule has 2 aromatic rings. The summed E-state index contributed by atoms with van der Waals surface area (Å²) in [5, 5.41) is 25.2. The Bertz CT molecular complexity index is 1440. The molecule has 0 heterocycles. The van der Waals surface area contributed by atoms with E-state index in [4.69, 9.17) is 23.1 Å². The molecule has 13 heteroatoms. The minimum Gasteiger partial charge on any atom is -0.427 e. The van der Waals surface area contributed by atoms with Gasteiger partial charge in [-0.1, -0.05) is 82.1 Å². The molecule has 0 aliphatic rings. The lowest BCUT2D eigenvalue weighted by Crippen LogP contribution is -2.47. The maximum atomic E-state index is 13.8. The molecule has 0 saturated carbocycles. The van der Waals surface area contributed by atoms with Gasteiger partial charge in [-0.15, -0.1) is 0 Å². The van der Waals surface area contributed by atoms with E-state index in [-0.39, 0.29) is 42.5 Å². The van der Waals surface area contributed by atoms with Crippen LogP contribution in [0.15, 0.2) is 48.5 Å². The Balaban J connectivity index is 2.17. The van der Waals surface area contributed by atoms with E-state index in [1.165, 1.54) is 6.92 Å². The number of unbranched alkanes of at least 4 members (excludes halogenated alkanes) is 2. The smallest absolute Gasteiger partial charge is 0.427 e. The summed E-state index contributed by atoms with van der Waals surface area (Å²) in [6.45, 7) is 7.81. The maximum Gasteiger partial charge on any atom is 0.454 e. The number of halogens is 1. The zero-order valence-corrected chi connectivity index (χ0v) is 31.9. The highest BCUT2D eigenvalue weighted by Crippen LogP contribution is 2.24. The van der Waals surface area contributed by atoms with Gasteiger partial charge in [0.1, 0.15) is 0 Å². The lowest BCUT2D eigenvalue weighted by Gasteiger charge is -2.25. The highest BCUT2D eigenvalue weighted by Gasteiger charge is 2.32. The molecule has 0 aliphatic heterocycles. The van der Waals surface area contributed by atoms with Gasteiger partial charge in [0.2, 0.25) is 11.8 Å². The normalized spacial score (nSPS) is 14.2. The van der Waals surface area contributed by atoms with Crippen LogP contribution in [0.25, 0.3) is 11.1 Å². The molecule has 2 aromatic carbocycles. The Kier molecular flexibility index (Phi) is 20.0. The number of benzene rings is 2. The third kappa shape index (κ3) is 15.7. The molecule has 11 nitrogen and oxygen atoms in total. The van der Waals surface area contributed by atoms with Crippen molar-refractivity contribution < 1.29 is 34.0 Å². The summed E-state index contributed by atoms with van der Waals surface area (Å²) >= 11 is 6.01. The fourth-order valence-electron chi connectivity index (χ4n) is 5.95. The molecule has 0 aromatic heterocycles. The van der Waals surface area contributed by atoms with Crippen molar-refractivity contribution in [3.05, 3.63) is 59.1 Å². The summed E-state index contributed by atoms with van der Waals surface area (Å²) in [5.74, 6) is -3.86. The lowest BCUT2D eigenvalue weighted by atomic mass is 9.71. The number of carbonyl (C=O) groups is 5. The molecule has 0 radical (unpaired) electrons. The van der Waals surface area contributed by atoms with Crippen molar-refractivity contribution in [3.63, 3.8) is 0 Å². The molecule has 2 amide bonds. The predicted octanol–water partition coefficient (Wildman–Crippen LogP) is 4.89. The van der Waals surface area contributed by atoms with Crippen molar-refractivity contribution in [3.8, 4) is 11.1 Å². The van der Waals surface area contributed by atoms with Gasteiger partial charge in [0.05, 0.1) is 12.1 Å². The SMILES string of the molecule is CC(C)C[C@H](NC(=O)[C@H](C)CC(=O)[C@H](CCCCN)NC(=O)[C@H](CCCCN)CC(=O)c1ccc(-c2ccc(Cl)cc2)cc1)C(=O)C[C@@H](C)B(O)O. The van der Waals surface area contributed by atoms with E-state index in [2.05, 4.69) is 10.6 Å². The van der Waals surface area contributed by atoms with Crippen LogP contribution in [0.3, 0.4) is 0 Å². The average molecular weight is 741 g/mol. The van der Waals surface area contributed by atoms with Crippen molar-refractivity contribution in [2.24, 2.45) is 29.2 Å². The zero-order valence-electron chi connectivity index (χ0n) is 31.1. The van der Waals surface area contributed by atoms with Gasteiger partial charge in [0.25, 0.3) is 0 Å². The van der Waals surface area contributed by atoms with Crippen LogP contribution >= 0.6 is 11.6 Å². The van der Waals surface area contributed by atoms with Gasteiger partial charge in [-0.05, 0) is 86.6 Å². The molecule has 0 fully saturated rings. The second-order valence-electron chi connectivity index (χ2n) is 14.4. The van der Waals surface area contributed by atoms with E-state index in [1.807, 2.05) is 38.1 Å². The monoisotopic (exact) mass is 740 g/mol. The summed E-state index contributed by atoms with van der Waals surface area (Å²) < 4.78 is 0. The highest BCUT2D eigenvalue weighted by molar-refractivity contribution is 6.43. The number of nitrogens with two attached hydrogens (primary N) is 2. The third-order valence-corrected chi connectivity index (χ3v) is 9.50. The molecule has 2 rings (SSSR count). The first kappa shape index (κ1) is 44.7. The van der Waals surface area contributed by atoms with E-state index in [0.717, 1.165) is 11.1 Å². The van der Waals surface area contributed by atoms with Gasteiger partial charge in [0.15, 0.2) is 17.3 Å².